The molecule has 0 amide bonds. The van der Waals surface area contributed by atoms with E-state index in [2.05, 4.69) is 0 Å². The molecule has 0 aliphatic carbocycles. The van der Waals surface area contributed by atoms with Gasteiger partial charge in [-0.15, -0.1) is 11.8 Å². The second kappa shape index (κ2) is 10.9. The van der Waals surface area contributed by atoms with Crippen molar-refractivity contribution in [1.29, 1.82) is 0 Å². The lowest BCUT2D eigenvalue weighted by molar-refractivity contribution is -0.143. The van der Waals surface area contributed by atoms with E-state index in [1.54, 1.807) is 0 Å². The monoisotopic (exact) mass is 483 g/mol. The third-order valence-electron chi connectivity index (χ3n) is 3.80. The van der Waals surface area contributed by atoms with Crippen LogP contribution in [0.15, 0.2) is 32.7 Å². The summed E-state index contributed by atoms with van der Waals surface area (Å²) in [5, 5.41) is -0.624. The molecule has 6 nitrogen and oxygen atoms in total. The summed E-state index contributed by atoms with van der Waals surface area (Å²) in [5.74, 6) is 4.22. The minimum Gasteiger partial charge on any atom is -0.335 e. The molecule has 0 spiro atoms. The number of hydrogen-bond acceptors (Lipinski definition) is 5. The summed E-state index contributed by atoms with van der Waals surface area (Å²) < 4.78 is 53.1. The number of carbonyl (C=O) groups is 1. The van der Waals surface area contributed by atoms with Gasteiger partial charge in [0.2, 0.25) is 0 Å². The average molecular weight is 484 g/mol. The van der Waals surface area contributed by atoms with Crippen LogP contribution in [0.2, 0.25) is 5.02 Å². The number of hydrogen-bond donors (Lipinski definition) is 1. The van der Waals surface area contributed by atoms with Crippen LogP contribution in [0.3, 0.4) is 0 Å². The largest absolute Gasteiger partial charge is 0.433 e. The van der Waals surface area contributed by atoms with Crippen molar-refractivity contribution in [2.75, 3.05) is 5.84 Å². The zero-order valence-corrected chi connectivity index (χ0v) is 18.7. The maximum atomic E-state index is 14.4. The summed E-state index contributed by atoms with van der Waals surface area (Å²) in [6.45, 7) is 7.78. The molecule has 0 radical (unpaired) electrons. The van der Waals surface area contributed by atoms with E-state index in [-0.39, 0.29) is 31.1 Å². The van der Waals surface area contributed by atoms with E-state index in [4.69, 9.17) is 17.4 Å². The Morgan fingerprint density at radius 3 is 2.26 bits per heavy atom. The van der Waals surface area contributed by atoms with E-state index < -0.39 is 39.9 Å². The summed E-state index contributed by atoms with van der Waals surface area (Å²) >= 11 is 6.98. The molecule has 0 saturated carbocycles. The van der Waals surface area contributed by atoms with E-state index in [1.165, 1.54) is 0 Å². The van der Waals surface area contributed by atoms with Crippen LogP contribution < -0.4 is 17.1 Å². The molecule has 0 fully saturated rings. The maximum absolute atomic E-state index is 14.4. The van der Waals surface area contributed by atoms with E-state index in [9.17, 15) is 31.9 Å². The van der Waals surface area contributed by atoms with Crippen molar-refractivity contribution in [1.82, 2.24) is 9.24 Å². The van der Waals surface area contributed by atoms with E-state index in [1.807, 2.05) is 27.7 Å². The van der Waals surface area contributed by atoms with Crippen LogP contribution in [0.25, 0.3) is 5.69 Å². The molecule has 31 heavy (non-hydrogen) atoms. The number of alkyl halides is 3. The molecule has 1 atom stereocenters. The molecular weight excluding hydrogens is 462 g/mol. The molecule has 1 aromatic carbocycles. The van der Waals surface area contributed by atoms with Crippen molar-refractivity contribution in [2.24, 2.45) is 5.92 Å². The Morgan fingerprint density at radius 1 is 1.19 bits per heavy atom. The van der Waals surface area contributed by atoms with Crippen LogP contribution in [-0.4, -0.2) is 20.8 Å². The van der Waals surface area contributed by atoms with Gasteiger partial charge in [-0.25, -0.2) is 18.4 Å². The smallest absolute Gasteiger partial charge is 0.335 e. The number of aldehydes is 1. The minimum atomic E-state index is -5.06. The number of carbonyl (C=O) groups excluding carboxylic acids is 1. The second-order valence-electron chi connectivity index (χ2n) is 6.51. The molecule has 0 saturated heterocycles. The van der Waals surface area contributed by atoms with Gasteiger partial charge in [0.25, 0.3) is 5.56 Å². The number of aromatic nitrogens is 2. The first kappa shape index (κ1) is 26.8. The van der Waals surface area contributed by atoms with Gasteiger partial charge < -0.3 is 10.6 Å². The van der Waals surface area contributed by atoms with Gasteiger partial charge in [-0.3, -0.25) is 4.79 Å². The van der Waals surface area contributed by atoms with Crippen LogP contribution in [0, 0.1) is 11.7 Å². The van der Waals surface area contributed by atoms with Crippen molar-refractivity contribution in [3.05, 3.63) is 55.6 Å². The van der Waals surface area contributed by atoms with Gasteiger partial charge >= 0.3 is 11.9 Å². The Labute approximate surface area is 185 Å². The van der Waals surface area contributed by atoms with Crippen molar-refractivity contribution < 1.29 is 22.4 Å². The lowest BCUT2D eigenvalue weighted by Crippen LogP contribution is -2.45. The summed E-state index contributed by atoms with van der Waals surface area (Å²) in [7, 11) is 0. The number of nitrogens with two attached hydrogens (primary N) is 1. The summed E-state index contributed by atoms with van der Waals surface area (Å²) in [4.78, 5) is 35.9. The van der Waals surface area contributed by atoms with E-state index in [0.29, 0.717) is 12.7 Å². The first-order valence-corrected chi connectivity index (χ1v) is 10.4. The second-order valence-corrected chi connectivity index (χ2v) is 8.20. The Bertz CT molecular complexity index is 1050. The molecule has 1 unspecified atom stereocenters. The molecule has 172 valence electrons. The minimum absolute atomic E-state index is 0.0834. The van der Waals surface area contributed by atoms with Crippen molar-refractivity contribution in [3.8, 4) is 5.69 Å². The predicted molar refractivity (Wildman–Crippen MR) is 113 cm³/mol. The normalized spacial score (nSPS) is 12.3. The molecule has 2 N–H and O–H groups in total. The standard InChI is InChI=1S/C17H16ClF4N3O3S.C2H6/c1-8(2)3-9(7-26)29-13-5-12(11(19)4-10(13)18)24-15(27)6-14(17(20,21)22)25(23)16(24)28;1-2/h4-9H,3,23H2,1-2H3;1-2H3. The first-order valence-electron chi connectivity index (χ1n) is 9.19. The van der Waals surface area contributed by atoms with Crippen LogP contribution >= 0.6 is 23.4 Å². The zero-order chi connectivity index (χ0) is 24.1. The van der Waals surface area contributed by atoms with Crippen LogP contribution in [0.5, 0.6) is 0 Å². The number of benzene rings is 1. The predicted octanol–water partition coefficient (Wildman–Crippen LogP) is 4.26. The average Bonchev–Trinajstić information content (AvgIpc) is 2.67. The fourth-order valence-electron chi connectivity index (χ4n) is 2.54. The molecule has 2 rings (SSSR count). The number of nitrogens with zero attached hydrogens (tertiary/aromatic N) is 2. The van der Waals surface area contributed by atoms with Gasteiger partial charge in [-0.05, 0) is 24.5 Å². The van der Waals surface area contributed by atoms with Crippen LogP contribution in [0.1, 0.15) is 39.8 Å². The van der Waals surface area contributed by atoms with Crippen LogP contribution in [0.4, 0.5) is 17.6 Å². The third-order valence-corrected chi connectivity index (χ3v) is 5.43. The first-order chi connectivity index (χ1) is 14.4. The van der Waals surface area contributed by atoms with Gasteiger partial charge in [-0.1, -0.05) is 39.3 Å². The summed E-state index contributed by atoms with van der Waals surface area (Å²) in [6, 6.07) is 1.92. The summed E-state index contributed by atoms with van der Waals surface area (Å²) in [6.07, 6.45) is -3.89. The van der Waals surface area contributed by atoms with Gasteiger partial charge in [0, 0.05) is 11.0 Å². The Hall–Kier alpha value is -2.27. The fraction of sp³-hybridized carbons (Fsp3) is 0.421. The molecular formula is C19H22ClF4N3O3S. The SMILES string of the molecule is CC.CC(C)CC(C=O)Sc1cc(-n2c(=O)cc(C(F)(F)F)n(N)c2=O)c(F)cc1Cl. The molecule has 0 aliphatic heterocycles. The lowest BCUT2D eigenvalue weighted by atomic mass is 10.1. The number of nitrogen functional groups attached to an aromatic ring is 1. The maximum Gasteiger partial charge on any atom is 0.433 e. The lowest BCUT2D eigenvalue weighted by Gasteiger charge is -2.16. The zero-order valence-electron chi connectivity index (χ0n) is 17.2. The van der Waals surface area contributed by atoms with Gasteiger partial charge in [0.05, 0.1) is 16.0 Å². The van der Waals surface area contributed by atoms with E-state index >= 15 is 0 Å². The third kappa shape index (κ3) is 6.36. The molecule has 12 heteroatoms. The molecule has 2 aromatic rings. The van der Waals surface area contributed by atoms with Crippen molar-refractivity contribution in [2.45, 2.75) is 50.4 Å². The fourth-order valence-corrected chi connectivity index (χ4v) is 4.03. The highest BCUT2D eigenvalue weighted by atomic mass is 35.5. The molecule has 1 heterocycles. The van der Waals surface area contributed by atoms with Crippen molar-refractivity contribution >= 4 is 29.6 Å². The summed E-state index contributed by atoms with van der Waals surface area (Å²) in [5.41, 5.74) is -5.31. The van der Waals surface area contributed by atoms with Gasteiger partial charge in [0.1, 0.15) is 12.1 Å². The number of halogens is 5. The molecule has 0 aliphatic rings. The van der Waals surface area contributed by atoms with Crippen LogP contribution in [-0.2, 0) is 11.0 Å². The van der Waals surface area contributed by atoms with E-state index in [0.717, 1.165) is 23.9 Å². The Balaban J connectivity index is 0.00000233. The quantitative estimate of drug-likeness (QED) is 0.287. The van der Waals surface area contributed by atoms with Gasteiger partial charge in [0.15, 0.2) is 5.69 Å². The Kier molecular flexibility index (Phi) is 9.37. The highest BCUT2D eigenvalue weighted by molar-refractivity contribution is 8.00. The molecule has 1 aromatic heterocycles. The highest BCUT2D eigenvalue weighted by Crippen LogP contribution is 2.35. The number of thioether (sulfide) groups is 1. The molecule has 0 bridgehead atoms. The topological polar surface area (TPSA) is 87.1 Å². The van der Waals surface area contributed by atoms with Gasteiger partial charge in [-0.2, -0.15) is 13.2 Å². The highest BCUT2D eigenvalue weighted by Gasteiger charge is 2.36. The number of rotatable bonds is 6. The Morgan fingerprint density at radius 2 is 1.77 bits per heavy atom. The van der Waals surface area contributed by atoms with Crippen molar-refractivity contribution in [3.63, 3.8) is 0 Å².